The van der Waals surface area contributed by atoms with Crippen molar-refractivity contribution in [1.82, 2.24) is 0 Å². The quantitative estimate of drug-likeness (QED) is 0.447. The molecule has 0 heterocycles. The number of ether oxygens (including phenoxy) is 1. The Bertz CT molecular complexity index is 743. The van der Waals surface area contributed by atoms with E-state index in [1.165, 1.54) is 18.2 Å². The van der Waals surface area contributed by atoms with Crippen LogP contribution in [0.5, 0.6) is 5.75 Å². The second kappa shape index (κ2) is 8.95. The van der Waals surface area contributed by atoms with E-state index in [2.05, 4.69) is 10.3 Å². The Hall–Kier alpha value is -2.34. The Labute approximate surface area is 151 Å². The van der Waals surface area contributed by atoms with Crippen molar-refractivity contribution in [1.29, 1.82) is 5.26 Å². The molecule has 120 valence electrons. The van der Waals surface area contributed by atoms with Crippen LogP contribution < -0.4 is 15.8 Å². The van der Waals surface area contributed by atoms with Gasteiger partial charge in [-0.05, 0) is 24.3 Å². The maximum Gasteiger partial charge on any atom is 0.193 e. The lowest BCUT2D eigenvalue weighted by atomic mass is 10.1. The fraction of sp³-hybridized carbons (Fsp3) is 0.125. The molecule has 0 saturated carbocycles. The lowest BCUT2D eigenvalue weighted by Crippen LogP contribution is -2.23. The van der Waals surface area contributed by atoms with Gasteiger partial charge in [0.25, 0.3) is 0 Å². The van der Waals surface area contributed by atoms with E-state index in [4.69, 9.17) is 15.7 Å². The molecule has 0 atom stereocenters. The van der Waals surface area contributed by atoms with Gasteiger partial charge in [0, 0.05) is 5.56 Å². The van der Waals surface area contributed by atoms with Crippen LogP contribution in [0, 0.1) is 17.1 Å². The molecular weight excluding hydrogens is 410 g/mol. The standard InChI is InChI=1S/C16H15FN4O.HI/c1-22-15-5-3-2-4-14(15)21-16(19)20-10-12-7-6-11(9-18)8-13(12)17;/h2-8H,10H2,1H3,(H3,19,20,21);1H. The van der Waals surface area contributed by atoms with Gasteiger partial charge in [-0.15, -0.1) is 24.0 Å². The van der Waals surface area contributed by atoms with E-state index in [-0.39, 0.29) is 42.0 Å². The van der Waals surface area contributed by atoms with E-state index in [9.17, 15) is 4.39 Å². The fourth-order valence-electron chi connectivity index (χ4n) is 1.84. The minimum absolute atomic E-state index is 0. The summed E-state index contributed by atoms with van der Waals surface area (Å²) in [6.45, 7) is 0.0749. The first kappa shape index (κ1) is 18.7. The number of hydrogen-bond acceptors (Lipinski definition) is 3. The van der Waals surface area contributed by atoms with E-state index in [0.29, 0.717) is 17.0 Å². The molecule has 0 saturated heterocycles. The number of methoxy groups -OCH3 is 1. The van der Waals surface area contributed by atoms with Crippen LogP contribution in [0.15, 0.2) is 47.5 Å². The van der Waals surface area contributed by atoms with Crippen LogP contribution in [-0.2, 0) is 6.54 Å². The molecule has 2 aromatic carbocycles. The van der Waals surface area contributed by atoms with Crippen LogP contribution in [0.1, 0.15) is 11.1 Å². The molecule has 0 aliphatic carbocycles. The molecule has 0 unspecified atom stereocenters. The largest absolute Gasteiger partial charge is 0.495 e. The summed E-state index contributed by atoms with van der Waals surface area (Å²) in [7, 11) is 1.56. The number of guanidine groups is 1. The third kappa shape index (κ3) is 5.10. The maximum atomic E-state index is 13.7. The van der Waals surface area contributed by atoms with Crippen molar-refractivity contribution >= 4 is 35.6 Å². The van der Waals surface area contributed by atoms with Gasteiger partial charge in [-0.2, -0.15) is 5.26 Å². The van der Waals surface area contributed by atoms with E-state index in [0.717, 1.165) is 0 Å². The zero-order valence-corrected chi connectivity index (χ0v) is 14.7. The average molecular weight is 426 g/mol. The molecule has 0 aliphatic heterocycles. The number of aliphatic imine (C=N–C) groups is 1. The highest BCUT2D eigenvalue weighted by molar-refractivity contribution is 14.0. The Morgan fingerprint density at radius 3 is 2.74 bits per heavy atom. The predicted molar refractivity (Wildman–Crippen MR) is 98.5 cm³/mol. The third-order valence-corrected chi connectivity index (χ3v) is 2.97. The molecule has 0 aromatic heterocycles. The molecule has 0 aliphatic rings. The minimum atomic E-state index is -0.479. The summed E-state index contributed by atoms with van der Waals surface area (Å²) in [6.07, 6.45) is 0. The van der Waals surface area contributed by atoms with Gasteiger partial charge in [0.2, 0.25) is 0 Å². The lowest BCUT2D eigenvalue weighted by molar-refractivity contribution is 0.417. The molecule has 0 fully saturated rings. The first-order chi connectivity index (χ1) is 10.6. The molecular formula is C16H16FIN4O. The lowest BCUT2D eigenvalue weighted by Gasteiger charge is -2.10. The van der Waals surface area contributed by atoms with Gasteiger partial charge in [0.05, 0.1) is 31.0 Å². The Kier molecular flexibility index (Phi) is 7.28. The summed E-state index contributed by atoms with van der Waals surface area (Å²) in [6, 6.07) is 13.4. The Morgan fingerprint density at radius 2 is 2.09 bits per heavy atom. The maximum absolute atomic E-state index is 13.7. The van der Waals surface area contributed by atoms with Crippen LogP contribution in [0.4, 0.5) is 10.1 Å². The third-order valence-electron chi connectivity index (χ3n) is 2.97. The molecule has 7 heteroatoms. The van der Waals surface area contributed by atoms with Crippen LogP contribution in [0.3, 0.4) is 0 Å². The number of nitrogens with zero attached hydrogens (tertiary/aromatic N) is 2. The van der Waals surface area contributed by atoms with E-state index < -0.39 is 5.82 Å². The molecule has 0 radical (unpaired) electrons. The predicted octanol–water partition coefficient (Wildman–Crippen LogP) is 3.25. The van der Waals surface area contributed by atoms with Crippen LogP contribution >= 0.6 is 24.0 Å². The monoisotopic (exact) mass is 426 g/mol. The SMILES string of the molecule is COc1ccccc1NC(N)=NCc1ccc(C#N)cc1F.I. The molecule has 0 amide bonds. The summed E-state index contributed by atoms with van der Waals surface area (Å²) in [4.78, 5) is 4.09. The molecule has 3 N–H and O–H groups in total. The Morgan fingerprint density at radius 1 is 1.35 bits per heavy atom. The molecule has 0 spiro atoms. The summed E-state index contributed by atoms with van der Waals surface area (Å²) in [5, 5.41) is 11.6. The van der Waals surface area contributed by atoms with Gasteiger partial charge in [-0.25, -0.2) is 9.38 Å². The van der Waals surface area contributed by atoms with Gasteiger partial charge < -0.3 is 15.8 Å². The number of para-hydroxylation sites is 2. The van der Waals surface area contributed by atoms with Crippen molar-refractivity contribution in [3.05, 3.63) is 59.4 Å². The molecule has 5 nitrogen and oxygen atoms in total. The van der Waals surface area contributed by atoms with Crippen molar-refractivity contribution < 1.29 is 9.13 Å². The summed E-state index contributed by atoms with van der Waals surface area (Å²) >= 11 is 0. The Balaban J connectivity index is 0.00000264. The second-order valence-electron chi connectivity index (χ2n) is 4.44. The van der Waals surface area contributed by atoms with Crippen molar-refractivity contribution in [3.8, 4) is 11.8 Å². The van der Waals surface area contributed by atoms with Crippen LogP contribution in [-0.4, -0.2) is 13.1 Å². The number of nitrogens with two attached hydrogens (primary N) is 1. The highest BCUT2D eigenvalue weighted by Crippen LogP contribution is 2.22. The van der Waals surface area contributed by atoms with E-state index in [1.54, 1.807) is 19.2 Å². The van der Waals surface area contributed by atoms with Gasteiger partial charge in [-0.3, -0.25) is 0 Å². The summed E-state index contributed by atoms with van der Waals surface area (Å²) in [5.41, 5.74) is 7.10. The van der Waals surface area contributed by atoms with E-state index in [1.807, 2.05) is 18.2 Å². The van der Waals surface area contributed by atoms with Gasteiger partial charge in [-0.1, -0.05) is 18.2 Å². The number of nitriles is 1. The van der Waals surface area contributed by atoms with Gasteiger partial charge in [0.15, 0.2) is 5.96 Å². The second-order valence-corrected chi connectivity index (χ2v) is 4.44. The molecule has 2 rings (SSSR count). The van der Waals surface area contributed by atoms with Crippen molar-refractivity contribution in [2.45, 2.75) is 6.54 Å². The average Bonchev–Trinajstić information content (AvgIpc) is 2.54. The number of anilines is 1. The van der Waals surface area contributed by atoms with Crippen LogP contribution in [0.2, 0.25) is 0 Å². The first-order valence-electron chi connectivity index (χ1n) is 6.52. The highest BCUT2D eigenvalue weighted by Gasteiger charge is 2.05. The zero-order valence-electron chi connectivity index (χ0n) is 12.4. The number of rotatable bonds is 4. The van der Waals surface area contributed by atoms with Gasteiger partial charge in [0.1, 0.15) is 11.6 Å². The van der Waals surface area contributed by atoms with Crippen molar-refractivity contribution in [2.24, 2.45) is 10.7 Å². The van der Waals surface area contributed by atoms with E-state index >= 15 is 0 Å². The topological polar surface area (TPSA) is 83.4 Å². The molecule has 2 aromatic rings. The van der Waals surface area contributed by atoms with Crippen molar-refractivity contribution in [3.63, 3.8) is 0 Å². The minimum Gasteiger partial charge on any atom is -0.495 e. The molecule has 0 bridgehead atoms. The smallest absolute Gasteiger partial charge is 0.193 e. The van der Waals surface area contributed by atoms with Crippen molar-refractivity contribution in [2.75, 3.05) is 12.4 Å². The highest BCUT2D eigenvalue weighted by atomic mass is 127. The van der Waals surface area contributed by atoms with Gasteiger partial charge >= 0.3 is 0 Å². The normalized spacial score (nSPS) is 10.4. The zero-order chi connectivity index (χ0) is 15.9. The van der Waals surface area contributed by atoms with Crippen LogP contribution in [0.25, 0.3) is 0 Å². The number of hydrogen-bond donors (Lipinski definition) is 2. The summed E-state index contributed by atoms with van der Waals surface area (Å²) < 4.78 is 18.9. The summed E-state index contributed by atoms with van der Waals surface area (Å²) in [5.74, 6) is 0.298. The fourth-order valence-corrected chi connectivity index (χ4v) is 1.84. The molecule has 23 heavy (non-hydrogen) atoms. The number of benzene rings is 2. The first-order valence-corrected chi connectivity index (χ1v) is 6.52. The number of halogens is 2. The number of nitrogens with one attached hydrogen (secondary N) is 1.